The zero-order chi connectivity index (χ0) is 20.3. The second-order valence-corrected chi connectivity index (χ2v) is 9.79. The number of ether oxygens (including phenoxy) is 1. The van der Waals surface area contributed by atoms with Crippen LogP contribution in [0, 0.1) is 6.92 Å². The summed E-state index contributed by atoms with van der Waals surface area (Å²) in [5.41, 5.74) is 3.75. The molecule has 2 aliphatic rings. The third-order valence-electron chi connectivity index (χ3n) is 6.19. The van der Waals surface area contributed by atoms with Crippen molar-refractivity contribution < 1.29 is 9.15 Å². The number of hydrogen-bond acceptors (Lipinski definition) is 5. The van der Waals surface area contributed by atoms with Crippen LogP contribution in [0.3, 0.4) is 0 Å². The van der Waals surface area contributed by atoms with Crippen LogP contribution in [0.1, 0.15) is 64.2 Å². The molecular weight excluding hydrogens is 352 g/mol. The van der Waals surface area contributed by atoms with Crippen molar-refractivity contribution in [1.29, 1.82) is 0 Å². The van der Waals surface area contributed by atoms with Crippen LogP contribution in [0.25, 0.3) is 11.0 Å². The Morgan fingerprint density at radius 1 is 1.18 bits per heavy atom. The zero-order valence-corrected chi connectivity index (χ0v) is 17.9. The Morgan fingerprint density at radius 2 is 1.86 bits per heavy atom. The van der Waals surface area contributed by atoms with Gasteiger partial charge in [-0.2, -0.15) is 0 Å². The van der Waals surface area contributed by atoms with Crippen LogP contribution >= 0.6 is 0 Å². The smallest absolute Gasteiger partial charge is 0.336 e. The molecule has 2 aliphatic heterocycles. The fourth-order valence-corrected chi connectivity index (χ4v) is 5.36. The largest absolute Gasteiger partial charge is 0.477 e. The molecule has 1 aromatic heterocycles. The van der Waals surface area contributed by atoms with Gasteiger partial charge in [0.2, 0.25) is 0 Å². The van der Waals surface area contributed by atoms with Gasteiger partial charge in [0.15, 0.2) is 0 Å². The zero-order valence-electron chi connectivity index (χ0n) is 17.9. The number of hydrogen-bond donors (Lipinski definition) is 1. The number of fused-ring (bicyclic) bond motifs is 2. The Labute approximate surface area is 167 Å². The molecule has 1 aromatic carbocycles. The lowest BCUT2D eigenvalue weighted by molar-refractivity contribution is 0.00272. The third-order valence-corrected chi connectivity index (χ3v) is 6.19. The van der Waals surface area contributed by atoms with Crippen molar-refractivity contribution >= 4 is 11.0 Å². The lowest BCUT2D eigenvalue weighted by atomic mass is 9.79. The first-order chi connectivity index (χ1) is 13.1. The highest BCUT2D eigenvalue weighted by Gasteiger charge is 2.41. The molecule has 4 rings (SSSR count). The summed E-state index contributed by atoms with van der Waals surface area (Å²) in [5, 5.41) is 4.80. The summed E-state index contributed by atoms with van der Waals surface area (Å²) >= 11 is 0. The summed E-state index contributed by atoms with van der Waals surface area (Å²) in [6, 6.07) is 4.26. The number of nitrogens with one attached hydrogen (secondary N) is 1. The molecule has 0 saturated carbocycles. The maximum Gasteiger partial charge on any atom is 0.336 e. The summed E-state index contributed by atoms with van der Waals surface area (Å²) in [5.74, 6) is 0.882. The summed E-state index contributed by atoms with van der Waals surface area (Å²) < 4.78 is 11.8. The van der Waals surface area contributed by atoms with E-state index >= 15 is 0 Å². The van der Waals surface area contributed by atoms with Crippen LogP contribution in [0.15, 0.2) is 21.3 Å². The van der Waals surface area contributed by atoms with Gasteiger partial charge < -0.3 is 14.5 Å². The van der Waals surface area contributed by atoms with E-state index in [1.807, 2.05) is 6.92 Å². The predicted molar refractivity (Wildman–Crippen MR) is 112 cm³/mol. The van der Waals surface area contributed by atoms with Gasteiger partial charge in [-0.15, -0.1) is 0 Å². The fourth-order valence-electron chi connectivity index (χ4n) is 5.36. The number of piperidine rings is 1. The summed E-state index contributed by atoms with van der Waals surface area (Å²) in [7, 11) is 0. The van der Waals surface area contributed by atoms with Crippen molar-refractivity contribution in [2.45, 2.75) is 84.5 Å². The molecule has 3 heterocycles. The fraction of sp³-hybridized carbons (Fsp3) is 0.609. The molecule has 0 spiro atoms. The minimum Gasteiger partial charge on any atom is -0.477 e. The molecule has 5 heteroatoms. The van der Waals surface area contributed by atoms with Crippen molar-refractivity contribution in [3.63, 3.8) is 0 Å². The summed E-state index contributed by atoms with van der Waals surface area (Å²) in [6.45, 7) is 14.7. The molecule has 1 N–H and O–H groups in total. The first-order valence-corrected chi connectivity index (χ1v) is 10.3. The van der Waals surface area contributed by atoms with Crippen molar-refractivity contribution in [3.8, 4) is 5.75 Å². The Balaban J connectivity index is 1.71. The van der Waals surface area contributed by atoms with Crippen LogP contribution in [0.5, 0.6) is 5.75 Å². The normalized spacial score (nSPS) is 22.1. The van der Waals surface area contributed by atoms with Crippen LogP contribution in [-0.2, 0) is 13.0 Å². The third kappa shape index (κ3) is 3.46. The lowest BCUT2D eigenvalue weighted by Crippen LogP contribution is -2.62. The van der Waals surface area contributed by atoms with E-state index in [0.29, 0.717) is 18.4 Å². The average molecular weight is 385 g/mol. The maximum atomic E-state index is 11.9. The second-order valence-electron chi connectivity index (χ2n) is 9.79. The van der Waals surface area contributed by atoms with Crippen molar-refractivity contribution in [2.24, 2.45) is 0 Å². The monoisotopic (exact) mass is 384 g/mol. The second kappa shape index (κ2) is 6.60. The Bertz CT molecular complexity index is 958. The van der Waals surface area contributed by atoms with E-state index in [2.05, 4.69) is 50.9 Å². The Hall–Kier alpha value is -1.85. The molecule has 0 unspecified atom stereocenters. The van der Waals surface area contributed by atoms with Gasteiger partial charge in [0.25, 0.3) is 0 Å². The molecule has 152 valence electrons. The van der Waals surface area contributed by atoms with Gasteiger partial charge in [-0.1, -0.05) is 6.92 Å². The molecule has 0 radical (unpaired) electrons. The minimum atomic E-state index is -0.288. The van der Waals surface area contributed by atoms with E-state index in [1.54, 1.807) is 6.07 Å². The molecule has 0 aliphatic carbocycles. The molecular formula is C23H32N2O3. The van der Waals surface area contributed by atoms with E-state index in [1.165, 1.54) is 5.56 Å². The molecule has 1 fully saturated rings. The standard InChI is InChI=1S/C23H32N2O3/c1-7-15-9-19(26)28-21-14(2)20-16(8-18(15)21)12-25(13-27-20)17-10-22(3,4)24-23(5,6)11-17/h8-9,17,24H,7,10-13H2,1-6H3. The van der Waals surface area contributed by atoms with E-state index in [-0.39, 0.29) is 16.7 Å². The topological polar surface area (TPSA) is 54.7 Å². The lowest BCUT2D eigenvalue weighted by Gasteiger charge is -2.50. The van der Waals surface area contributed by atoms with Gasteiger partial charge in [-0.25, -0.2) is 4.79 Å². The number of rotatable bonds is 2. The number of aryl methyl sites for hydroxylation is 2. The highest BCUT2D eigenvalue weighted by molar-refractivity contribution is 5.86. The predicted octanol–water partition coefficient (Wildman–Crippen LogP) is 4.12. The van der Waals surface area contributed by atoms with E-state index < -0.39 is 0 Å². The van der Waals surface area contributed by atoms with Crippen molar-refractivity contribution in [3.05, 3.63) is 39.2 Å². The van der Waals surface area contributed by atoms with Gasteiger partial charge in [-0.05, 0) is 65.5 Å². The molecule has 1 saturated heterocycles. The summed E-state index contributed by atoms with van der Waals surface area (Å²) in [4.78, 5) is 14.4. The van der Waals surface area contributed by atoms with Gasteiger partial charge >= 0.3 is 5.63 Å². The van der Waals surface area contributed by atoms with E-state index in [9.17, 15) is 4.79 Å². The van der Waals surface area contributed by atoms with Gasteiger partial charge in [-0.3, -0.25) is 4.90 Å². The Kier molecular flexibility index (Phi) is 4.59. The molecule has 5 nitrogen and oxygen atoms in total. The van der Waals surface area contributed by atoms with Crippen LogP contribution in [0.2, 0.25) is 0 Å². The molecule has 2 aromatic rings. The van der Waals surface area contributed by atoms with Crippen molar-refractivity contribution in [2.75, 3.05) is 6.73 Å². The molecule has 0 atom stereocenters. The quantitative estimate of drug-likeness (QED) is 0.789. The van der Waals surface area contributed by atoms with Crippen molar-refractivity contribution in [1.82, 2.24) is 10.2 Å². The number of benzene rings is 1. The van der Waals surface area contributed by atoms with Gasteiger partial charge in [0.1, 0.15) is 18.1 Å². The van der Waals surface area contributed by atoms with Crippen LogP contribution in [0.4, 0.5) is 0 Å². The molecule has 0 bridgehead atoms. The van der Waals surface area contributed by atoms with E-state index in [4.69, 9.17) is 9.15 Å². The molecule has 28 heavy (non-hydrogen) atoms. The first kappa shape index (κ1) is 19.5. The maximum absolute atomic E-state index is 11.9. The van der Waals surface area contributed by atoms with Crippen LogP contribution in [-0.4, -0.2) is 28.8 Å². The highest BCUT2D eigenvalue weighted by Crippen LogP contribution is 2.39. The van der Waals surface area contributed by atoms with Gasteiger partial charge in [0, 0.05) is 46.2 Å². The average Bonchev–Trinajstić information content (AvgIpc) is 2.59. The highest BCUT2D eigenvalue weighted by atomic mass is 16.5. The number of nitrogens with zero attached hydrogens (tertiary/aromatic N) is 1. The van der Waals surface area contributed by atoms with Crippen LogP contribution < -0.4 is 15.7 Å². The minimum absolute atomic E-state index is 0.102. The Morgan fingerprint density at radius 3 is 2.50 bits per heavy atom. The SMILES string of the molecule is CCc1cc(=O)oc2c(C)c3c(cc12)CN(C1CC(C)(C)NC(C)(C)C1)CO3. The van der Waals surface area contributed by atoms with E-state index in [0.717, 1.165) is 48.1 Å². The van der Waals surface area contributed by atoms with Gasteiger partial charge in [0.05, 0.1) is 0 Å². The first-order valence-electron chi connectivity index (χ1n) is 10.3. The summed E-state index contributed by atoms with van der Waals surface area (Å²) in [6.07, 6.45) is 3.00. The molecule has 0 amide bonds.